The van der Waals surface area contributed by atoms with Crippen molar-refractivity contribution >= 4 is 56.1 Å². The molecule has 0 saturated carbocycles. The van der Waals surface area contributed by atoms with Gasteiger partial charge in [0, 0.05) is 38.8 Å². The molecule has 2 atom stereocenters. The molecule has 0 bridgehead atoms. The quantitative estimate of drug-likeness (QED) is 0.408. The Hall–Kier alpha value is -2.11. The number of allylic oxidation sites excluding steroid dienone is 1. The first-order valence-corrected chi connectivity index (χ1v) is 14.6. The van der Waals surface area contributed by atoms with E-state index in [0.717, 1.165) is 26.0 Å². The smallest absolute Gasteiger partial charge is 0.351 e. The van der Waals surface area contributed by atoms with E-state index in [1.165, 1.54) is 16.7 Å². The van der Waals surface area contributed by atoms with Crippen LogP contribution in [0.3, 0.4) is 0 Å². The van der Waals surface area contributed by atoms with Crippen LogP contribution < -0.4 is 5.32 Å². The number of halogens is 4. The summed E-state index contributed by atoms with van der Waals surface area (Å²) < 4.78 is 41.5. The number of alkyl halides is 3. The molecular weight excluding hydrogens is 581 g/mol. The molecule has 2 amide bonds. The summed E-state index contributed by atoms with van der Waals surface area (Å²) >= 11 is 5.09. The highest BCUT2D eigenvalue weighted by atomic mass is 79.9. The van der Waals surface area contributed by atoms with Gasteiger partial charge in [0.25, 0.3) is 11.8 Å². The zero-order valence-electron chi connectivity index (χ0n) is 21.9. The number of thioether (sulfide) groups is 1. The summed E-state index contributed by atoms with van der Waals surface area (Å²) in [6, 6.07) is 5.76. The molecule has 2 aliphatic rings. The lowest BCUT2D eigenvalue weighted by Gasteiger charge is -2.36. The number of carbonyl (C=O) groups is 2. The molecular formula is C27H32BrF3N4O2S. The second-order valence-corrected chi connectivity index (χ2v) is 11.8. The SMILES string of the molecule is CSC1=CC(C)=NC(=O)C1CNC(=O)c1c(C)n([C@H](C)C2CCN(CC(F)(F)F)CC2)c2cccc(Br)c12. The molecule has 11 heteroatoms. The zero-order chi connectivity index (χ0) is 27.8. The fourth-order valence-electron chi connectivity index (χ4n) is 5.69. The number of rotatable bonds is 7. The Balaban J connectivity index is 1.58. The minimum Gasteiger partial charge on any atom is -0.351 e. The average Bonchev–Trinajstić information content (AvgIpc) is 3.15. The number of hydrogen-bond donors (Lipinski definition) is 1. The maximum Gasteiger partial charge on any atom is 0.401 e. The van der Waals surface area contributed by atoms with E-state index in [4.69, 9.17) is 0 Å². The van der Waals surface area contributed by atoms with Gasteiger partial charge in [-0.1, -0.05) is 22.0 Å². The molecule has 1 fully saturated rings. The standard InChI is InChI=1S/C27H32BrF3N4O2S/c1-15-12-22(38-4)19(25(36)33-15)13-32-26(37)23-17(3)35(21-7-5-6-20(28)24(21)23)16(2)18-8-10-34(11-9-18)14-27(29,30)31/h5-7,12,16,18-19H,8-11,13-14H2,1-4H3,(H,32,37)/t16-,19?/m1/s1. The van der Waals surface area contributed by atoms with Crippen molar-refractivity contribution < 1.29 is 22.8 Å². The van der Waals surface area contributed by atoms with E-state index < -0.39 is 18.6 Å². The number of nitrogens with zero attached hydrogens (tertiary/aromatic N) is 3. The summed E-state index contributed by atoms with van der Waals surface area (Å²) in [7, 11) is 0. The molecule has 0 spiro atoms. The maximum absolute atomic E-state index is 13.6. The summed E-state index contributed by atoms with van der Waals surface area (Å²) in [5.41, 5.74) is 2.87. The number of amides is 2. The van der Waals surface area contributed by atoms with Gasteiger partial charge in [0.15, 0.2) is 0 Å². The van der Waals surface area contributed by atoms with E-state index in [1.54, 1.807) is 6.92 Å². The minimum absolute atomic E-state index is 0.00958. The first-order chi connectivity index (χ1) is 17.9. The van der Waals surface area contributed by atoms with Crippen LogP contribution in [0.1, 0.15) is 48.8 Å². The third kappa shape index (κ3) is 6.04. The summed E-state index contributed by atoms with van der Waals surface area (Å²) in [5.74, 6) is -0.875. The van der Waals surface area contributed by atoms with E-state index in [1.807, 2.05) is 37.5 Å². The van der Waals surface area contributed by atoms with Gasteiger partial charge in [-0.05, 0) is 77.1 Å². The molecule has 1 aromatic heterocycles. The van der Waals surface area contributed by atoms with Crippen molar-refractivity contribution in [1.82, 2.24) is 14.8 Å². The fraction of sp³-hybridized carbons (Fsp3) is 0.519. The number of dihydropyridines is 1. The van der Waals surface area contributed by atoms with Crippen molar-refractivity contribution in [3.63, 3.8) is 0 Å². The third-order valence-corrected chi connectivity index (χ3v) is 9.09. The first kappa shape index (κ1) is 28.9. The van der Waals surface area contributed by atoms with Crippen LogP contribution >= 0.6 is 27.7 Å². The predicted molar refractivity (Wildman–Crippen MR) is 150 cm³/mol. The lowest BCUT2D eigenvalue weighted by Crippen LogP contribution is -2.41. The van der Waals surface area contributed by atoms with Crippen molar-refractivity contribution in [3.05, 3.63) is 44.9 Å². The Bertz CT molecular complexity index is 1300. The van der Waals surface area contributed by atoms with Gasteiger partial charge in [0.2, 0.25) is 0 Å². The van der Waals surface area contributed by atoms with Crippen molar-refractivity contribution in [2.45, 2.75) is 45.8 Å². The Kier molecular flexibility index (Phi) is 8.78. The Labute approximate surface area is 233 Å². The van der Waals surface area contributed by atoms with Gasteiger partial charge < -0.3 is 9.88 Å². The number of aromatic nitrogens is 1. The molecule has 2 aliphatic heterocycles. The van der Waals surface area contributed by atoms with Gasteiger partial charge in [-0.2, -0.15) is 13.2 Å². The number of likely N-dealkylation sites (tertiary alicyclic amines) is 1. The number of piperidine rings is 1. The van der Waals surface area contributed by atoms with E-state index in [-0.39, 0.29) is 30.3 Å². The summed E-state index contributed by atoms with van der Waals surface area (Å²) in [6.07, 6.45) is 0.882. The van der Waals surface area contributed by atoms with E-state index in [2.05, 4.69) is 37.7 Å². The maximum atomic E-state index is 13.6. The van der Waals surface area contributed by atoms with Gasteiger partial charge in [-0.15, -0.1) is 11.8 Å². The molecule has 1 unspecified atom stereocenters. The largest absolute Gasteiger partial charge is 0.401 e. The average molecular weight is 614 g/mol. The van der Waals surface area contributed by atoms with Gasteiger partial charge in [0.1, 0.15) is 0 Å². The molecule has 0 radical (unpaired) electrons. The number of carbonyl (C=O) groups excluding carboxylic acids is 2. The Morgan fingerprint density at radius 1 is 1.26 bits per heavy atom. The molecule has 38 heavy (non-hydrogen) atoms. The topological polar surface area (TPSA) is 66.7 Å². The molecule has 1 N–H and O–H groups in total. The molecule has 6 nitrogen and oxygen atoms in total. The Morgan fingerprint density at radius 3 is 2.58 bits per heavy atom. The second-order valence-electron chi connectivity index (χ2n) is 10.0. The van der Waals surface area contributed by atoms with Crippen LogP contribution in [0.25, 0.3) is 10.9 Å². The highest BCUT2D eigenvalue weighted by Crippen LogP contribution is 2.39. The van der Waals surface area contributed by atoms with E-state index >= 15 is 0 Å². The number of benzene rings is 1. The number of hydrogen-bond acceptors (Lipinski definition) is 4. The molecule has 1 saturated heterocycles. The van der Waals surface area contributed by atoms with E-state index in [9.17, 15) is 22.8 Å². The number of nitrogens with one attached hydrogen (secondary N) is 1. The van der Waals surface area contributed by atoms with Crippen LogP contribution in [0.4, 0.5) is 13.2 Å². The summed E-state index contributed by atoms with van der Waals surface area (Å²) in [5, 5.41) is 3.75. The van der Waals surface area contributed by atoms with Crippen LogP contribution in [0, 0.1) is 18.8 Å². The van der Waals surface area contributed by atoms with Crippen LogP contribution in [0.2, 0.25) is 0 Å². The third-order valence-electron chi connectivity index (χ3n) is 7.56. The van der Waals surface area contributed by atoms with Gasteiger partial charge in [0.05, 0.1) is 23.5 Å². The highest BCUT2D eigenvalue weighted by molar-refractivity contribution is 9.10. The molecule has 0 aliphatic carbocycles. The lowest BCUT2D eigenvalue weighted by molar-refractivity contribution is -0.149. The number of fused-ring (bicyclic) bond motifs is 1. The Morgan fingerprint density at radius 2 is 1.95 bits per heavy atom. The van der Waals surface area contributed by atoms with Gasteiger partial charge in [-0.3, -0.25) is 14.5 Å². The zero-order valence-corrected chi connectivity index (χ0v) is 24.3. The van der Waals surface area contributed by atoms with Crippen LogP contribution in [0.15, 0.2) is 38.6 Å². The van der Waals surface area contributed by atoms with Gasteiger partial charge in [-0.25, -0.2) is 4.99 Å². The number of aliphatic imine (C=N–C) groups is 1. The first-order valence-electron chi connectivity index (χ1n) is 12.6. The summed E-state index contributed by atoms with van der Waals surface area (Å²) in [6.45, 7) is 5.82. The van der Waals surface area contributed by atoms with Crippen molar-refractivity contribution in [3.8, 4) is 0 Å². The lowest BCUT2D eigenvalue weighted by atomic mass is 9.90. The molecule has 4 rings (SSSR count). The second kappa shape index (κ2) is 11.6. The predicted octanol–water partition coefficient (Wildman–Crippen LogP) is 6.14. The fourth-order valence-corrected chi connectivity index (χ4v) is 7.00. The molecule has 1 aromatic carbocycles. The molecule has 3 heterocycles. The minimum atomic E-state index is -4.19. The molecule has 206 valence electrons. The van der Waals surface area contributed by atoms with Gasteiger partial charge >= 0.3 is 6.18 Å². The van der Waals surface area contributed by atoms with Crippen LogP contribution in [-0.2, 0) is 4.79 Å². The van der Waals surface area contributed by atoms with Crippen LogP contribution in [-0.4, -0.2) is 65.6 Å². The molecule has 2 aromatic rings. The highest BCUT2D eigenvalue weighted by Gasteiger charge is 2.35. The van der Waals surface area contributed by atoms with Crippen molar-refractivity contribution in [2.75, 3.05) is 32.4 Å². The monoisotopic (exact) mass is 612 g/mol. The van der Waals surface area contributed by atoms with Crippen molar-refractivity contribution in [1.29, 1.82) is 0 Å². The van der Waals surface area contributed by atoms with E-state index in [0.29, 0.717) is 37.2 Å². The summed E-state index contributed by atoms with van der Waals surface area (Å²) in [4.78, 5) is 32.5. The normalized spacial score (nSPS) is 20.4. The van der Waals surface area contributed by atoms with Crippen LogP contribution in [0.5, 0.6) is 0 Å². The van der Waals surface area contributed by atoms with Crippen molar-refractivity contribution in [2.24, 2.45) is 16.8 Å².